The molecule has 7 nitrogen and oxygen atoms in total. The first kappa shape index (κ1) is 16.3. The summed E-state index contributed by atoms with van der Waals surface area (Å²) < 4.78 is 23.8. The molecule has 3 atom stereocenters. The number of para-hydroxylation sites is 1. The van der Waals surface area contributed by atoms with Crippen LogP contribution >= 0.6 is 0 Å². The molecule has 3 heterocycles. The Morgan fingerprint density at radius 1 is 1.12 bits per heavy atom. The van der Waals surface area contributed by atoms with Crippen LogP contribution < -0.4 is 0 Å². The molecule has 4 rings (SSSR count). The van der Waals surface area contributed by atoms with Gasteiger partial charge in [0.05, 0.1) is 17.1 Å². The van der Waals surface area contributed by atoms with Gasteiger partial charge in [-0.05, 0) is 37.8 Å². The van der Waals surface area contributed by atoms with E-state index in [0.29, 0.717) is 18.5 Å². The summed E-state index contributed by atoms with van der Waals surface area (Å²) in [5, 5.41) is 8.17. The minimum Gasteiger partial charge on any atom is -0.331 e. The molecule has 2 bridgehead atoms. The predicted molar refractivity (Wildman–Crippen MR) is 92.2 cm³/mol. The van der Waals surface area contributed by atoms with Crippen LogP contribution in [0.1, 0.15) is 36.2 Å². The van der Waals surface area contributed by atoms with Crippen LogP contribution in [0.2, 0.25) is 0 Å². The Morgan fingerprint density at radius 3 is 2.36 bits per heavy atom. The van der Waals surface area contributed by atoms with E-state index in [1.807, 2.05) is 35.2 Å². The minimum atomic E-state index is -3.07. The van der Waals surface area contributed by atoms with E-state index in [0.717, 1.165) is 18.5 Å². The van der Waals surface area contributed by atoms with Gasteiger partial charge in [0, 0.05) is 18.3 Å². The van der Waals surface area contributed by atoms with Gasteiger partial charge in [0.25, 0.3) is 5.91 Å². The molecule has 0 N–H and O–H groups in total. The minimum absolute atomic E-state index is 0.0205. The average Bonchev–Trinajstić information content (AvgIpc) is 3.17. The van der Waals surface area contributed by atoms with Crippen molar-refractivity contribution in [1.82, 2.24) is 19.9 Å². The summed E-state index contributed by atoms with van der Waals surface area (Å²) in [4.78, 5) is 16.2. The van der Waals surface area contributed by atoms with E-state index in [4.69, 9.17) is 0 Å². The van der Waals surface area contributed by atoms with Crippen molar-refractivity contribution in [2.45, 2.75) is 43.0 Å². The molecule has 2 fully saturated rings. The fourth-order valence-electron chi connectivity index (χ4n) is 3.99. The SMILES string of the molecule is CS(=O)(=O)C1C[C@H]2CC[C@@H](C1)N2C(=O)c1cnn(-c2ccccc2)n1. The van der Waals surface area contributed by atoms with Gasteiger partial charge in [-0.25, -0.2) is 8.42 Å². The van der Waals surface area contributed by atoms with Gasteiger partial charge in [-0.3, -0.25) is 4.79 Å². The lowest BCUT2D eigenvalue weighted by atomic mass is 10.0. The topological polar surface area (TPSA) is 85.2 Å². The number of rotatable bonds is 3. The molecule has 8 heteroatoms. The van der Waals surface area contributed by atoms with E-state index in [1.54, 1.807) is 0 Å². The maximum atomic E-state index is 12.9. The number of amides is 1. The lowest BCUT2D eigenvalue weighted by Gasteiger charge is -2.37. The zero-order valence-corrected chi connectivity index (χ0v) is 14.8. The molecule has 1 unspecified atom stereocenters. The lowest BCUT2D eigenvalue weighted by Crippen LogP contribution is -2.49. The highest BCUT2D eigenvalue weighted by atomic mass is 32.2. The van der Waals surface area contributed by atoms with Crippen LogP contribution in [0.5, 0.6) is 0 Å². The number of aromatic nitrogens is 3. The first-order valence-corrected chi connectivity index (χ1v) is 10.4. The summed E-state index contributed by atoms with van der Waals surface area (Å²) in [5.74, 6) is -0.151. The fraction of sp³-hybridized carbons (Fsp3) is 0.471. The summed E-state index contributed by atoms with van der Waals surface area (Å²) in [6.45, 7) is 0. The van der Waals surface area contributed by atoms with Gasteiger partial charge in [-0.15, -0.1) is 5.10 Å². The van der Waals surface area contributed by atoms with Crippen LogP contribution in [0.25, 0.3) is 5.69 Å². The molecule has 2 aliphatic rings. The molecule has 1 aromatic heterocycles. The summed E-state index contributed by atoms with van der Waals surface area (Å²) >= 11 is 0. The quantitative estimate of drug-likeness (QED) is 0.827. The molecule has 0 aliphatic carbocycles. The number of hydrogen-bond acceptors (Lipinski definition) is 5. The monoisotopic (exact) mass is 360 g/mol. The van der Waals surface area contributed by atoms with Crippen molar-refractivity contribution in [3.63, 3.8) is 0 Å². The maximum Gasteiger partial charge on any atom is 0.276 e. The van der Waals surface area contributed by atoms with E-state index in [9.17, 15) is 13.2 Å². The summed E-state index contributed by atoms with van der Waals surface area (Å²) in [5.41, 5.74) is 1.10. The molecule has 0 saturated carbocycles. The van der Waals surface area contributed by atoms with Crippen LogP contribution in [0.3, 0.4) is 0 Å². The Balaban J connectivity index is 1.56. The molecule has 0 radical (unpaired) electrons. The molecule has 2 aromatic rings. The van der Waals surface area contributed by atoms with E-state index >= 15 is 0 Å². The van der Waals surface area contributed by atoms with Gasteiger partial charge in [0.2, 0.25) is 0 Å². The van der Waals surface area contributed by atoms with E-state index in [-0.39, 0.29) is 23.2 Å². The number of hydrogen-bond donors (Lipinski definition) is 0. The highest BCUT2D eigenvalue weighted by molar-refractivity contribution is 7.91. The number of nitrogens with zero attached hydrogens (tertiary/aromatic N) is 4. The van der Waals surface area contributed by atoms with Crippen molar-refractivity contribution in [1.29, 1.82) is 0 Å². The van der Waals surface area contributed by atoms with Crippen LogP contribution in [0, 0.1) is 0 Å². The highest BCUT2D eigenvalue weighted by Crippen LogP contribution is 2.38. The second kappa shape index (κ2) is 5.94. The van der Waals surface area contributed by atoms with Gasteiger partial charge in [-0.2, -0.15) is 9.90 Å². The third kappa shape index (κ3) is 2.95. The standard InChI is InChI=1S/C17H20N4O3S/c1-25(23,24)15-9-13-7-8-14(10-15)20(13)17(22)16-11-18-21(19-16)12-5-3-2-4-6-12/h2-6,11,13-15H,7-10H2,1H3/t13-,14+,15?. The fourth-order valence-corrected chi connectivity index (χ4v) is 5.13. The van der Waals surface area contributed by atoms with Crippen LogP contribution in [0.4, 0.5) is 0 Å². The number of piperidine rings is 1. The second-order valence-corrected chi connectivity index (χ2v) is 9.20. The first-order chi connectivity index (χ1) is 11.9. The van der Waals surface area contributed by atoms with E-state index in [2.05, 4.69) is 10.2 Å². The van der Waals surface area contributed by atoms with Gasteiger partial charge >= 0.3 is 0 Å². The lowest BCUT2D eigenvalue weighted by molar-refractivity contribution is 0.0591. The van der Waals surface area contributed by atoms with Crippen molar-refractivity contribution < 1.29 is 13.2 Å². The molecule has 1 aromatic carbocycles. The van der Waals surface area contributed by atoms with Crippen molar-refractivity contribution >= 4 is 15.7 Å². The summed E-state index contributed by atoms with van der Waals surface area (Å²) in [6.07, 6.45) is 5.53. The normalized spacial score (nSPS) is 26.0. The van der Waals surface area contributed by atoms with E-state index in [1.165, 1.54) is 17.2 Å². The smallest absolute Gasteiger partial charge is 0.276 e. The summed E-state index contributed by atoms with van der Waals surface area (Å²) in [7, 11) is -3.07. The number of carbonyl (C=O) groups excluding carboxylic acids is 1. The summed E-state index contributed by atoms with van der Waals surface area (Å²) in [6, 6.07) is 9.38. The molecule has 132 valence electrons. The van der Waals surface area contributed by atoms with Gasteiger partial charge < -0.3 is 4.90 Å². The number of sulfone groups is 1. The van der Waals surface area contributed by atoms with E-state index < -0.39 is 9.84 Å². The number of fused-ring (bicyclic) bond motifs is 2. The zero-order valence-electron chi connectivity index (χ0n) is 13.9. The van der Waals surface area contributed by atoms with Crippen LogP contribution in [-0.4, -0.2) is 57.8 Å². The number of carbonyl (C=O) groups is 1. The molecule has 1 amide bonds. The van der Waals surface area contributed by atoms with Gasteiger partial charge in [0.15, 0.2) is 5.69 Å². The molecule has 25 heavy (non-hydrogen) atoms. The largest absolute Gasteiger partial charge is 0.331 e. The Bertz CT molecular complexity index is 880. The van der Waals surface area contributed by atoms with Crippen molar-refractivity contribution in [2.75, 3.05) is 6.26 Å². The Kier molecular flexibility index (Phi) is 3.87. The molecular formula is C17H20N4O3S. The molecule has 0 spiro atoms. The van der Waals surface area contributed by atoms with Crippen LogP contribution in [-0.2, 0) is 9.84 Å². The maximum absolute atomic E-state index is 12.9. The molecular weight excluding hydrogens is 340 g/mol. The third-order valence-electron chi connectivity index (χ3n) is 5.23. The number of benzene rings is 1. The van der Waals surface area contributed by atoms with Crippen molar-refractivity contribution in [2.24, 2.45) is 0 Å². The second-order valence-electron chi connectivity index (χ2n) is 6.88. The Morgan fingerprint density at radius 2 is 1.76 bits per heavy atom. The third-order valence-corrected chi connectivity index (χ3v) is 6.82. The van der Waals surface area contributed by atoms with Crippen molar-refractivity contribution in [3.05, 3.63) is 42.2 Å². The molecule has 2 aliphatic heterocycles. The van der Waals surface area contributed by atoms with Gasteiger partial charge in [0.1, 0.15) is 9.84 Å². The van der Waals surface area contributed by atoms with Crippen LogP contribution in [0.15, 0.2) is 36.5 Å². The van der Waals surface area contributed by atoms with Crippen molar-refractivity contribution in [3.8, 4) is 5.69 Å². The van der Waals surface area contributed by atoms with Gasteiger partial charge in [-0.1, -0.05) is 18.2 Å². The highest BCUT2D eigenvalue weighted by Gasteiger charge is 2.46. The first-order valence-electron chi connectivity index (χ1n) is 8.43. The predicted octanol–water partition coefficient (Wildman–Crippen LogP) is 1.45. The zero-order chi connectivity index (χ0) is 17.6. The Labute approximate surface area is 146 Å². The Hall–Kier alpha value is -2.22. The average molecular weight is 360 g/mol. The molecule has 2 saturated heterocycles.